The van der Waals surface area contributed by atoms with Crippen molar-refractivity contribution >= 4 is 23.6 Å². The van der Waals surface area contributed by atoms with Crippen molar-refractivity contribution in [1.29, 1.82) is 0 Å². The van der Waals surface area contributed by atoms with Crippen LogP contribution in [-0.4, -0.2) is 135 Å². The van der Waals surface area contributed by atoms with E-state index in [2.05, 4.69) is 9.97 Å². The summed E-state index contributed by atoms with van der Waals surface area (Å²) in [5.41, 5.74) is -0.856. The topological polar surface area (TPSA) is 172 Å². The first-order chi connectivity index (χ1) is 26.5. The third-order valence-corrected chi connectivity index (χ3v) is 12.1. The molecule has 15 heteroatoms. The number of pyridine rings is 1. The average Bonchev–Trinajstić information content (AvgIpc) is 3.74. The van der Waals surface area contributed by atoms with Gasteiger partial charge in [-0.05, 0) is 86.0 Å². The van der Waals surface area contributed by atoms with E-state index in [1.165, 1.54) is 14.0 Å². The Morgan fingerprint density at radius 1 is 1.05 bits per heavy atom. The highest BCUT2D eigenvalue weighted by molar-refractivity contribution is 5.99. The van der Waals surface area contributed by atoms with E-state index in [4.69, 9.17) is 23.7 Å². The van der Waals surface area contributed by atoms with E-state index in [0.717, 1.165) is 11.3 Å². The fourth-order valence-corrected chi connectivity index (χ4v) is 8.34. The van der Waals surface area contributed by atoms with Crippen molar-refractivity contribution in [2.45, 2.75) is 147 Å². The first-order valence-corrected chi connectivity index (χ1v) is 19.9. The van der Waals surface area contributed by atoms with Crippen LogP contribution in [0.5, 0.6) is 0 Å². The quantitative estimate of drug-likeness (QED) is 0.193. The number of rotatable bonds is 11. The molecule has 3 saturated heterocycles. The van der Waals surface area contributed by atoms with Crippen molar-refractivity contribution in [2.75, 3.05) is 27.7 Å². The van der Waals surface area contributed by atoms with Gasteiger partial charge in [0.15, 0.2) is 11.9 Å². The SMILES string of the molecule is CC[C@H]1OC(=O)[C@H](C)C(=O)C[C@@H](O[C@@H]2O[C@H](C)C[C@H](N(C)C)[C@H]2O)[C@](C)(OC)C[C@@H](C)C(=O)C[C@@H]2N(CCCCn3cnc(-c4cccnc4)c3)C(=O)O[C@@]21C. The predicted molar refractivity (Wildman–Crippen MR) is 205 cm³/mol. The van der Waals surface area contributed by atoms with Crippen LogP contribution >= 0.6 is 0 Å². The van der Waals surface area contributed by atoms with Gasteiger partial charge in [-0.15, -0.1) is 0 Å². The summed E-state index contributed by atoms with van der Waals surface area (Å²) in [6, 6.07) is 2.79. The third-order valence-electron chi connectivity index (χ3n) is 12.1. The van der Waals surface area contributed by atoms with Crippen LogP contribution in [0, 0.1) is 11.8 Å². The van der Waals surface area contributed by atoms with Crippen molar-refractivity contribution in [2.24, 2.45) is 11.8 Å². The molecule has 0 bridgehead atoms. The van der Waals surface area contributed by atoms with Gasteiger partial charge in [-0.1, -0.05) is 13.8 Å². The van der Waals surface area contributed by atoms with E-state index < -0.39 is 71.5 Å². The van der Waals surface area contributed by atoms with Crippen LogP contribution < -0.4 is 0 Å². The lowest BCUT2D eigenvalue weighted by molar-refractivity contribution is -0.289. The molecule has 0 unspecified atom stereocenters. The number of nitrogens with zero attached hydrogens (tertiary/aromatic N) is 5. The summed E-state index contributed by atoms with van der Waals surface area (Å²) in [7, 11) is 5.22. The molecule has 0 saturated carbocycles. The smallest absolute Gasteiger partial charge is 0.410 e. The highest BCUT2D eigenvalue weighted by Crippen LogP contribution is 2.40. The van der Waals surface area contributed by atoms with Gasteiger partial charge in [-0.2, -0.15) is 0 Å². The molecular formula is C41H61N5O10. The fraction of sp³-hybridized carbons (Fsp3) is 0.707. The molecule has 1 N–H and O–H groups in total. The maximum absolute atomic E-state index is 14.3. The van der Waals surface area contributed by atoms with Gasteiger partial charge in [0.25, 0.3) is 0 Å². The molecule has 11 atom stereocenters. The number of aliphatic hydroxyl groups is 1. The number of carbonyl (C=O) groups excluding carboxylic acids is 4. The van der Waals surface area contributed by atoms with Gasteiger partial charge in [0.05, 0.1) is 35.9 Å². The van der Waals surface area contributed by atoms with Crippen molar-refractivity contribution in [1.82, 2.24) is 24.3 Å². The van der Waals surface area contributed by atoms with E-state index in [-0.39, 0.29) is 43.6 Å². The number of aliphatic hydroxyl groups excluding tert-OH is 1. The minimum absolute atomic E-state index is 0.0558. The summed E-state index contributed by atoms with van der Waals surface area (Å²) in [5, 5.41) is 11.3. The van der Waals surface area contributed by atoms with Gasteiger partial charge >= 0.3 is 12.1 Å². The predicted octanol–water partition coefficient (Wildman–Crippen LogP) is 4.44. The number of fused-ring (bicyclic) bond motifs is 1. The second-order valence-electron chi connectivity index (χ2n) is 16.4. The molecule has 0 aromatic carbocycles. The van der Waals surface area contributed by atoms with Gasteiger partial charge in [0.2, 0.25) is 0 Å². The molecule has 2 aromatic rings. The van der Waals surface area contributed by atoms with Crippen molar-refractivity contribution in [3.63, 3.8) is 0 Å². The molecule has 56 heavy (non-hydrogen) atoms. The molecule has 5 heterocycles. The number of carbonyl (C=O) groups is 4. The molecule has 0 radical (unpaired) electrons. The number of amides is 1. The monoisotopic (exact) mass is 783 g/mol. The van der Waals surface area contributed by atoms with Gasteiger partial charge < -0.3 is 43.2 Å². The lowest BCUT2D eigenvalue weighted by Gasteiger charge is -2.45. The maximum atomic E-state index is 14.3. The number of Topliss-reactive ketones (excluding diaryl/α,β-unsaturated/α-hetero) is 2. The largest absolute Gasteiger partial charge is 0.458 e. The highest BCUT2D eigenvalue weighted by Gasteiger charge is 2.57. The van der Waals surface area contributed by atoms with Crippen molar-refractivity contribution < 1.29 is 48.0 Å². The number of ketones is 2. The van der Waals surface area contributed by atoms with Crippen LogP contribution in [0.4, 0.5) is 4.79 Å². The molecule has 1 amide bonds. The van der Waals surface area contributed by atoms with Crippen LogP contribution in [0.15, 0.2) is 37.1 Å². The van der Waals surface area contributed by atoms with Gasteiger partial charge in [0.1, 0.15) is 29.7 Å². The van der Waals surface area contributed by atoms with E-state index in [0.29, 0.717) is 32.4 Å². The van der Waals surface area contributed by atoms with E-state index in [1.54, 1.807) is 44.4 Å². The number of esters is 1. The Bertz CT molecular complexity index is 1670. The number of hydrogen-bond acceptors (Lipinski definition) is 13. The molecule has 310 valence electrons. The van der Waals surface area contributed by atoms with E-state index in [1.807, 2.05) is 55.7 Å². The number of cyclic esters (lactones) is 1. The van der Waals surface area contributed by atoms with Crippen LogP contribution in [0.25, 0.3) is 11.3 Å². The van der Waals surface area contributed by atoms with Gasteiger partial charge in [-0.25, -0.2) is 9.78 Å². The van der Waals surface area contributed by atoms with Gasteiger partial charge in [0, 0.05) is 69.2 Å². The van der Waals surface area contributed by atoms with Crippen LogP contribution in [0.1, 0.15) is 86.5 Å². The number of imidazole rings is 1. The molecule has 5 rings (SSSR count). The Morgan fingerprint density at radius 2 is 1.79 bits per heavy atom. The normalized spacial score (nSPS) is 34.9. The Hall–Kier alpha value is -3.76. The zero-order valence-electron chi connectivity index (χ0n) is 34.4. The Morgan fingerprint density at radius 3 is 2.45 bits per heavy atom. The highest BCUT2D eigenvalue weighted by atomic mass is 16.7. The molecule has 3 aliphatic rings. The second-order valence-corrected chi connectivity index (χ2v) is 16.4. The number of methoxy groups -OCH3 is 1. The average molecular weight is 784 g/mol. The third kappa shape index (κ3) is 9.50. The Balaban J connectivity index is 1.38. The lowest BCUT2D eigenvalue weighted by atomic mass is 9.79. The number of aromatic nitrogens is 3. The summed E-state index contributed by atoms with van der Waals surface area (Å²) in [4.78, 5) is 67.8. The summed E-state index contributed by atoms with van der Waals surface area (Å²) >= 11 is 0. The summed E-state index contributed by atoms with van der Waals surface area (Å²) < 4.78 is 32.7. The lowest BCUT2D eigenvalue weighted by Crippen LogP contribution is -2.58. The van der Waals surface area contributed by atoms with E-state index in [9.17, 15) is 24.3 Å². The van der Waals surface area contributed by atoms with Crippen LogP contribution in [0.3, 0.4) is 0 Å². The second kappa shape index (κ2) is 18.2. The van der Waals surface area contributed by atoms with Crippen molar-refractivity contribution in [3.8, 4) is 11.3 Å². The number of aryl methyl sites for hydroxylation is 1. The van der Waals surface area contributed by atoms with E-state index >= 15 is 0 Å². The standard InChI is InChI=1S/C41H61N5O10/c1-10-34-41(6)33(46(39(51)56-41)17-12-11-16-45-23-29(43-24-45)28-14-13-15-42-22-28)19-31(47)25(2)21-40(5,52-9)35(20-32(48)27(4)37(50)54-34)55-38-36(49)30(44(7)8)18-26(3)53-38/h13-15,22-27,30,33-36,38,49H,10-12,16-21H2,1-9H3/t25-,26-,27-,30+,33+,34-,35-,36-,38+,40-,41+/m1/s1. The molecule has 3 aliphatic heterocycles. The van der Waals surface area contributed by atoms with Crippen molar-refractivity contribution in [3.05, 3.63) is 37.1 Å². The molecule has 15 nitrogen and oxygen atoms in total. The first kappa shape index (κ1) is 43.4. The Kier molecular flexibility index (Phi) is 14.1. The zero-order valence-corrected chi connectivity index (χ0v) is 34.4. The summed E-state index contributed by atoms with van der Waals surface area (Å²) in [6.07, 6.45) is 4.30. The molecular weight excluding hydrogens is 722 g/mol. The number of likely N-dealkylation sites (N-methyl/N-ethyl adjacent to an activating group) is 1. The minimum Gasteiger partial charge on any atom is -0.458 e. The first-order valence-electron chi connectivity index (χ1n) is 19.9. The van der Waals surface area contributed by atoms with Crippen LogP contribution in [-0.2, 0) is 44.6 Å². The number of unbranched alkanes of at least 4 members (excludes halogenated alkanes) is 1. The van der Waals surface area contributed by atoms with Crippen LogP contribution in [0.2, 0.25) is 0 Å². The summed E-state index contributed by atoms with van der Waals surface area (Å²) in [6.45, 7) is 11.4. The fourth-order valence-electron chi connectivity index (χ4n) is 8.34. The Labute approximate surface area is 330 Å². The maximum Gasteiger partial charge on any atom is 0.410 e. The van der Waals surface area contributed by atoms with Gasteiger partial charge in [-0.3, -0.25) is 19.4 Å². The molecule has 3 fully saturated rings. The summed E-state index contributed by atoms with van der Waals surface area (Å²) in [5.74, 6) is -3.19. The number of ether oxygens (including phenoxy) is 5. The minimum atomic E-state index is -1.36. The molecule has 0 aliphatic carbocycles. The molecule has 0 spiro atoms. The molecule has 2 aromatic heterocycles. The number of hydrogen-bond donors (Lipinski definition) is 1. The zero-order chi connectivity index (χ0) is 40.9.